The number of anilines is 1. The predicted octanol–water partition coefficient (Wildman–Crippen LogP) is 0.419. The molecule has 2 aliphatic heterocycles. The first-order chi connectivity index (χ1) is 15.1. The SMILES string of the molecule is [2H]C([2H])(F)COC1CN(c2ccc(C(=O)NC3(CC(N)=O)COC3)nc2OCC2CC2)C1. The summed E-state index contributed by atoms with van der Waals surface area (Å²) in [5.74, 6) is -0.182. The van der Waals surface area contributed by atoms with Crippen LogP contribution in [0.5, 0.6) is 5.88 Å². The standard InChI is InChI=1S/C20H27FN4O5/c21-5-6-29-14-8-25(9-14)16-4-3-15(23-19(16)30-10-13-1-2-13)18(27)24-20(7-17(22)26)11-28-12-20/h3-4,13-14H,1-2,5-12H2,(H2,22,26)(H,24,27)/i5D2. The highest BCUT2D eigenvalue weighted by Crippen LogP contribution is 2.34. The molecule has 30 heavy (non-hydrogen) atoms. The van der Waals surface area contributed by atoms with Gasteiger partial charge in [0.2, 0.25) is 11.8 Å². The first-order valence-corrected chi connectivity index (χ1v) is 10.0. The van der Waals surface area contributed by atoms with E-state index < -0.39 is 30.6 Å². The molecule has 2 amide bonds. The Morgan fingerprint density at radius 1 is 1.40 bits per heavy atom. The van der Waals surface area contributed by atoms with Gasteiger partial charge in [0.15, 0.2) is 0 Å². The quantitative estimate of drug-likeness (QED) is 0.529. The number of hydrogen-bond acceptors (Lipinski definition) is 7. The lowest BCUT2D eigenvalue weighted by Gasteiger charge is -2.41. The fourth-order valence-electron chi connectivity index (χ4n) is 3.48. The second-order valence-corrected chi connectivity index (χ2v) is 8.12. The Hall–Kier alpha value is -2.46. The summed E-state index contributed by atoms with van der Waals surface area (Å²) in [6, 6.07) is 3.30. The Bertz CT molecular complexity index is 870. The molecule has 10 heteroatoms. The lowest BCUT2D eigenvalue weighted by molar-refractivity contribution is -0.127. The van der Waals surface area contributed by atoms with E-state index in [1.165, 1.54) is 0 Å². The summed E-state index contributed by atoms with van der Waals surface area (Å²) >= 11 is 0. The van der Waals surface area contributed by atoms with Crippen LogP contribution in [0.15, 0.2) is 12.1 Å². The molecule has 4 rings (SSSR count). The van der Waals surface area contributed by atoms with E-state index in [1.54, 1.807) is 12.1 Å². The molecule has 0 unspecified atom stereocenters. The summed E-state index contributed by atoms with van der Waals surface area (Å²) in [6.45, 7) is -1.71. The van der Waals surface area contributed by atoms with Gasteiger partial charge in [-0.25, -0.2) is 9.37 Å². The second kappa shape index (κ2) is 8.73. The van der Waals surface area contributed by atoms with E-state index in [9.17, 15) is 14.0 Å². The highest BCUT2D eigenvalue weighted by Gasteiger charge is 2.42. The number of nitrogens with one attached hydrogen (secondary N) is 1. The van der Waals surface area contributed by atoms with Gasteiger partial charge in [0, 0.05) is 13.1 Å². The minimum absolute atomic E-state index is 0.0200. The smallest absolute Gasteiger partial charge is 0.270 e. The molecular weight excluding hydrogens is 395 g/mol. The average molecular weight is 424 g/mol. The highest BCUT2D eigenvalue weighted by atomic mass is 19.1. The number of nitrogens with zero attached hydrogens (tertiary/aromatic N) is 2. The molecule has 0 spiro atoms. The van der Waals surface area contributed by atoms with Crippen molar-refractivity contribution >= 4 is 17.5 Å². The molecule has 3 N–H and O–H groups in total. The number of nitrogens with two attached hydrogens (primary N) is 1. The maximum Gasteiger partial charge on any atom is 0.270 e. The van der Waals surface area contributed by atoms with E-state index in [1.807, 2.05) is 4.90 Å². The lowest BCUT2D eigenvalue weighted by Crippen LogP contribution is -2.63. The van der Waals surface area contributed by atoms with Gasteiger partial charge in [-0.15, -0.1) is 0 Å². The van der Waals surface area contributed by atoms with Crippen LogP contribution in [0.3, 0.4) is 0 Å². The number of carbonyl (C=O) groups is 2. The van der Waals surface area contributed by atoms with Crippen LogP contribution in [-0.4, -0.2) is 74.6 Å². The van der Waals surface area contributed by atoms with E-state index in [-0.39, 0.29) is 31.4 Å². The number of aromatic nitrogens is 1. The monoisotopic (exact) mass is 424 g/mol. The van der Waals surface area contributed by atoms with Gasteiger partial charge < -0.3 is 30.2 Å². The molecule has 3 aliphatic rings. The van der Waals surface area contributed by atoms with Crippen molar-refractivity contribution in [2.24, 2.45) is 11.7 Å². The molecule has 1 aliphatic carbocycles. The molecule has 164 valence electrons. The van der Waals surface area contributed by atoms with Crippen LogP contribution in [0.25, 0.3) is 0 Å². The van der Waals surface area contributed by atoms with Crippen LogP contribution >= 0.6 is 0 Å². The first-order valence-electron chi connectivity index (χ1n) is 11.0. The maximum atomic E-state index is 13.0. The third kappa shape index (κ3) is 4.81. The van der Waals surface area contributed by atoms with Gasteiger partial charge in [-0.3, -0.25) is 9.59 Å². The van der Waals surface area contributed by atoms with E-state index in [4.69, 9.17) is 22.7 Å². The number of rotatable bonds is 11. The Kier molecular flexibility index (Phi) is 5.33. The van der Waals surface area contributed by atoms with Crippen LogP contribution in [0.4, 0.5) is 10.1 Å². The number of carbonyl (C=O) groups excluding carboxylic acids is 2. The van der Waals surface area contributed by atoms with Gasteiger partial charge in [-0.05, 0) is 30.9 Å². The maximum absolute atomic E-state index is 13.0. The number of ether oxygens (including phenoxy) is 3. The Labute approximate surface area is 176 Å². The van der Waals surface area contributed by atoms with Gasteiger partial charge in [0.1, 0.15) is 18.0 Å². The predicted molar refractivity (Wildman–Crippen MR) is 105 cm³/mol. The van der Waals surface area contributed by atoms with Gasteiger partial charge >= 0.3 is 0 Å². The van der Waals surface area contributed by atoms with Crippen LogP contribution in [0.1, 0.15) is 32.5 Å². The fourth-order valence-corrected chi connectivity index (χ4v) is 3.48. The van der Waals surface area contributed by atoms with Crippen LogP contribution in [0.2, 0.25) is 0 Å². The van der Waals surface area contributed by atoms with Crippen molar-refractivity contribution in [3.8, 4) is 5.88 Å². The summed E-state index contributed by atoms with van der Waals surface area (Å²) < 4.78 is 43.1. The molecule has 9 nitrogen and oxygen atoms in total. The summed E-state index contributed by atoms with van der Waals surface area (Å²) in [4.78, 5) is 30.5. The molecule has 1 aromatic heterocycles. The molecule has 3 heterocycles. The largest absolute Gasteiger partial charge is 0.476 e. The summed E-state index contributed by atoms with van der Waals surface area (Å²) in [6.07, 6.45) is 1.87. The first kappa shape index (κ1) is 18.3. The molecule has 1 aromatic rings. The fraction of sp³-hybridized carbons (Fsp3) is 0.650. The Morgan fingerprint density at radius 2 is 2.17 bits per heavy atom. The minimum atomic E-state index is -2.87. The van der Waals surface area contributed by atoms with Gasteiger partial charge in [-0.2, -0.15) is 0 Å². The second-order valence-electron chi connectivity index (χ2n) is 8.12. The van der Waals surface area contributed by atoms with Crippen molar-refractivity contribution in [1.82, 2.24) is 10.3 Å². The van der Waals surface area contributed by atoms with Crippen molar-refractivity contribution in [3.05, 3.63) is 17.8 Å². The molecule has 3 fully saturated rings. The average Bonchev–Trinajstić information content (AvgIpc) is 3.47. The summed E-state index contributed by atoms with van der Waals surface area (Å²) in [5.41, 5.74) is 5.31. The molecule has 0 radical (unpaired) electrons. The summed E-state index contributed by atoms with van der Waals surface area (Å²) in [7, 11) is 0. The zero-order valence-electron chi connectivity index (χ0n) is 18.6. The molecular formula is C20H27FN4O5. The van der Waals surface area contributed by atoms with E-state index in [0.717, 1.165) is 12.8 Å². The number of amides is 2. The van der Waals surface area contributed by atoms with Crippen molar-refractivity contribution < 1.29 is 30.9 Å². The van der Waals surface area contributed by atoms with Crippen molar-refractivity contribution in [2.45, 2.75) is 30.9 Å². The van der Waals surface area contributed by atoms with Crippen LogP contribution in [-0.2, 0) is 14.3 Å². The molecule has 2 saturated heterocycles. The van der Waals surface area contributed by atoms with E-state index in [0.29, 0.717) is 37.2 Å². The minimum Gasteiger partial charge on any atom is -0.476 e. The molecule has 1 saturated carbocycles. The van der Waals surface area contributed by atoms with E-state index in [2.05, 4.69) is 10.3 Å². The Balaban J connectivity index is 1.43. The zero-order chi connectivity index (χ0) is 22.9. The number of halogens is 1. The lowest BCUT2D eigenvalue weighted by atomic mass is 9.92. The number of alkyl halides is 1. The number of primary amides is 1. The molecule has 0 aromatic carbocycles. The molecule has 0 atom stereocenters. The normalized spacial score (nSPS) is 21.7. The highest BCUT2D eigenvalue weighted by molar-refractivity contribution is 5.94. The molecule has 0 bridgehead atoms. The third-order valence-electron chi connectivity index (χ3n) is 5.44. The van der Waals surface area contributed by atoms with E-state index >= 15 is 0 Å². The van der Waals surface area contributed by atoms with Crippen molar-refractivity contribution in [1.29, 1.82) is 0 Å². The van der Waals surface area contributed by atoms with Crippen molar-refractivity contribution in [2.75, 3.05) is 51.0 Å². The number of hydrogen-bond donors (Lipinski definition) is 2. The third-order valence-corrected chi connectivity index (χ3v) is 5.44. The van der Waals surface area contributed by atoms with Crippen LogP contribution < -0.4 is 20.7 Å². The Morgan fingerprint density at radius 3 is 2.77 bits per heavy atom. The summed E-state index contributed by atoms with van der Waals surface area (Å²) in [5, 5.41) is 2.81. The van der Waals surface area contributed by atoms with Crippen LogP contribution in [0, 0.1) is 5.92 Å². The zero-order valence-corrected chi connectivity index (χ0v) is 16.6. The van der Waals surface area contributed by atoms with Gasteiger partial charge in [0.05, 0.1) is 47.2 Å². The van der Waals surface area contributed by atoms with Gasteiger partial charge in [0.25, 0.3) is 5.91 Å². The number of pyridine rings is 1. The topological polar surface area (TPSA) is 116 Å². The van der Waals surface area contributed by atoms with Crippen molar-refractivity contribution in [3.63, 3.8) is 0 Å². The van der Waals surface area contributed by atoms with Gasteiger partial charge in [-0.1, -0.05) is 0 Å².